The van der Waals surface area contributed by atoms with Gasteiger partial charge >= 0.3 is 0 Å². The Morgan fingerprint density at radius 3 is 2.90 bits per heavy atom. The van der Waals surface area contributed by atoms with E-state index in [-0.39, 0.29) is 5.56 Å². The van der Waals surface area contributed by atoms with Gasteiger partial charge in [0, 0.05) is 47.8 Å². The van der Waals surface area contributed by atoms with Crippen LogP contribution in [0.5, 0.6) is 11.5 Å². The Hall–Kier alpha value is -3.21. The van der Waals surface area contributed by atoms with Crippen LogP contribution in [0.3, 0.4) is 0 Å². The highest BCUT2D eigenvalue weighted by atomic mass is 35.5. The fourth-order valence-corrected chi connectivity index (χ4v) is 3.73. The number of aromatic amines is 1. The summed E-state index contributed by atoms with van der Waals surface area (Å²) in [7, 11) is 1.51. The van der Waals surface area contributed by atoms with Crippen molar-refractivity contribution in [2.45, 2.75) is 13.0 Å². The number of aromatic nitrogens is 1. The molecule has 1 atom stereocenters. The maximum atomic E-state index is 12.6. The first kappa shape index (κ1) is 21.0. The van der Waals surface area contributed by atoms with Crippen LogP contribution >= 0.6 is 11.6 Å². The van der Waals surface area contributed by atoms with Gasteiger partial charge in [0.1, 0.15) is 17.6 Å². The van der Waals surface area contributed by atoms with Crippen molar-refractivity contribution in [3.05, 3.63) is 62.9 Å². The third-order valence-electron chi connectivity index (χ3n) is 5.28. The van der Waals surface area contributed by atoms with Crippen molar-refractivity contribution >= 4 is 28.2 Å². The number of methoxy groups -OCH3 is 1. The molecule has 8 heteroatoms. The second-order valence-electron chi connectivity index (χ2n) is 7.41. The Balaban J connectivity index is 1.51. The minimum Gasteiger partial charge on any atom is -0.495 e. The molecule has 1 aliphatic rings. The summed E-state index contributed by atoms with van der Waals surface area (Å²) in [5.41, 5.74) is 2.22. The number of ether oxygens (including phenoxy) is 3. The van der Waals surface area contributed by atoms with Gasteiger partial charge in [0.25, 0.3) is 5.56 Å². The number of rotatable bonds is 7. The van der Waals surface area contributed by atoms with Crippen LogP contribution in [0.2, 0.25) is 5.02 Å². The van der Waals surface area contributed by atoms with E-state index in [1.54, 1.807) is 30.3 Å². The smallest absolute Gasteiger partial charge is 0.253 e. The van der Waals surface area contributed by atoms with Crippen molar-refractivity contribution in [3.8, 4) is 17.6 Å². The molecule has 31 heavy (non-hydrogen) atoms. The van der Waals surface area contributed by atoms with Crippen LogP contribution in [0.15, 0.2) is 41.2 Å². The molecule has 7 nitrogen and oxygen atoms in total. The number of nitrogens with one attached hydrogen (secondary N) is 2. The number of fused-ring (bicyclic) bond motifs is 1. The number of H-pyrrole nitrogens is 1. The fourth-order valence-electron chi connectivity index (χ4n) is 3.51. The van der Waals surface area contributed by atoms with Crippen molar-refractivity contribution in [1.82, 2.24) is 4.98 Å². The number of benzene rings is 2. The summed E-state index contributed by atoms with van der Waals surface area (Å²) in [6.45, 7) is 2.30. The van der Waals surface area contributed by atoms with Crippen LogP contribution < -0.4 is 20.3 Å². The Bertz CT molecular complexity index is 1200. The van der Waals surface area contributed by atoms with Gasteiger partial charge in [-0.25, -0.2) is 0 Å². The quantitative estimate of drug-likeness (QED) is 0.575. The Morgan fingerprint density at radius 2 is 2.16 bits per heavy atom. The monoisotopic (exact) mass is 439 g/mol. The minimum absolute atomic E-state index is 0.196. The maximum Gasteiger partial charge on any atom is 0.253 e. The predicted octanol–water partition coefficient (Wildman–Crippen LogP) is 4.09. The second-order valence-corrected chi connectivity index (χ2v) is 7.82. The van der Waals surface area contributed by atoms with E-state index in [0.717, 1.165) is 24.1 Å². The third-order valence-corrected chi connectivity index (χ3v) is 5.57. The zero-order chi connectivity index (χ0) is 21.8. The van der Waals surface area contributed by atoms with Crippen LogP contribution in [-0.4, -0.2) is 31.9 Å². The molecule has 0 saturated carbocycles. The summed E-state index contributed by atoms with van der Waals surface area (Å²) < 4.78 is 16.5. The molecule has 1 aliphatic heterocycles. The largest absolute Gasteiger partial charge is 0.495 e. The van der Waals surface area contributed by atoms with E-state index >= 15 is 0 Å². The van der Waals surface area contributed by atoms with Crippen LogP contribution in [0.4, 0.5) is 5.69 Å². The first-order chi connectivity index (χ1) is 15.1. The predicted molar refractivity (Wildman–Crippen MR) is 119 cm³/mol. The molecular formula is C23H22ClN3O4. The lowest BCUT2D eigenvalue weighted by molar-refractivity contribution is 0.167. The lowest BCUT2D eigenvalue weighted by Crippen LogP contribution is -2.16. The molecule has 2 heterocycles. The summed E-state index contributed by atoms with van der Waals surface area (Å²) in [5, 5.41) is 13.6. The molecule has 3 aromatic rings. The van der Waals surface area contributed by atoms with Gasteiger partial charge in [0.05, 0.1) is 36.4 Å². The highest BCUT2D eigenvalue weighted by Gasteiger charge is 2.17. The van der Waals surface area contributed by atoms with Gasteiger partial charge in [-0.2, -0.15) is 5.26 Å². The van der Waals surface area contributed by atoms with Crippen molar-refractivity contribution in [2.24, 2.45) is 5.92 Å². The molecule has 1 unspecified atom stereocenters. The maximum absolute atomic E-state index is 12.6. The second kappa shape index (κ2) is 9.29. The summed E-state index contributed by atoms with van der Waals surface area (Å²) in [4.78, 5) is 15.5. The first-order valence-electron chi connectivity index (χ1n) is 9.95. The van der Waals surface area contributed by atoms with Gasteiger partial charge < -0.3 is 24.5 Å². The molecule has 0 aliphatic carbocycles. The van der Waals surface area contributed by atoms with Gasteiger partial charge in [-0.1, -0.05) is 11.6 Å². The number of pyridine rings is 1. The van der Waals surface area contributed by atoms with E-state index in [0.29, 0.717) is 58.8 Å². The number of hydrogen-bond acceptors (Lipinski definition) is 6. The topological polar surface area (TPSA) is 96.4 Å². The number of anilines is 1. The van der Waals surface area contributed by atoms with Crippen molar-refractivity contribution < 1.29 is 14.2 Å². The zero-order valence-electron chi connectivity index (χ0n) is 17.0. The minimum atomic E-state index is -0.196. The zero-order valence-corrected chi connectivity index (χ0v) is 17.8. The Kier molecular flexibility index (Phi) is 6.31. The summed E-state index contributed by atoms with van der Waals surface area (Å²) >= 11 is 6.41. The van der Waals surface area contributed by atoms with Gasteiger partial charge in [-0.3, -0.25) is 4.79 Å². The van der Waals surface area contributed by atoms with Crippen molar-refractivity contribution in [3.63, 3.8) is 0 Å². The fraction of sp³-hybridized carbons (Fsp3) is 0.304. The number of halogens is 1. The van der Waals surface area contributed by atoms with E-state index in [1.165, 1.54) is 7.11 Å². The SMILES string of the molecule is COc1cc(NCc2cc3cc(Cl)c(OCC4CCOC4)cc3[nH]c2=O)ccc1C#N. The number of hydrogen-bond donors (Lipinski definition) is 2. The van der Waals surface area contributed by atoms with E-state index < -0.39 is 0 Å². The molecule has 1 fully saturated rings. The van der Waals surface area contributed by atoms with Gasteiger partial charge in [-0.05, 0) is 30.7 Å². The Labute approximate surface area is 184 Å². The molecular weight excluding hydrogens is 418 g/mol. The molecule has 0 spiro atoms. The van der Waals surface area contributed by atoms with Crippen LogP contribution in [-0.2, 0) is 11.3 Å². The first-order valence-corrected chi connectivity index (χ1v) is 10.3. The van der Waals surface area contributed by atoms with E-state index in [2.05, 4.69) is 16.4 Å². The number of nitriles is 1. The molecule has 0 bridgehead atoms. The average molecular weight is 440 g/mol. The molecule has 1 saturated heterocycles. The standard InChI is InChI=1S/C23H22ClN3O4/c1-29-21-8-18(3-2-15(21)10-25)26-11-17-6-16-7-19(24)22(9-20(16)27-23(17)28)31-13-14-4-5-30-12-14/h2-3,6-9,14,26H,4-5,11-13H2,1H3,(H,27,28). The molecule has 2 N–H and O–H groups in total. The van der Waals surface area contributed by atoms with E-state index in [9.17, 15) is 4.79 Å². The third kappa shape index (κ3) is 4.76. The summed E-state index contributed by atoms with van der Waals surface area (Å²) in [6.07, 6.45) is 0.976. The Morgan fingerprint density at radius 1 is 1.29 bits per heavy atom. The molecule has 0 amide bonds. The highest BCUT2D eigenvalue weighted by molar-refractivity contribution is 6.32. The summed E-state index contributed by atoms with van der Waals surface area (Å²) in [6, 6.07) is 12.6. The van der Waals surface area contributed by atoms with Crippen LogP contribution in [0.25, 0.3) is 10.9 Å². The van der Waals surface area contributed by atoms with Crippen molar-refractivity contribution in [1.29, 1.82) is 5.26 Å². The normalized spacial score (nSPS) is 15.6. The lowest BCUT2D eigenvalue weighted by atomic mass is 10.1. The molecule has 0 radical (unpaired) electrons. The van der Waals surface area contributed by atoms with E-state index in [1.807, 2.05) is 6.07 Å². The highest BCUT2D eigenvalue weighted by Crippen LogP contribution is 2.30. The molecule has 160 valence electrons. The average Bonchev–Trinajstić information content (AvgIpc) is 3.30. The molecule has 2 aromatic carbocycles. The van der Waals surface area contributed by atoms with Gasteiger partial charge in [0.15, 0.2) is 0 Å². The molecule has 1 aromatic heterocycles. The van der Waals surface area contributed by atoms with Crippen LogP contribution in [0.1, 0.15) is 17.5 Å². The lowest BCUT2D eigenvalue weighted by Gasteiger charge is -2.13. The van der Waals surface area contributed by atoms with Crippen molar-refractivity contribution in [2.75, 3.05) is 32.2 Å². The van der Waals surface area contributed by atoms with E-state index in [4.69, 9.17) is 31.1 Å². The van der Waals surface area contributed by atoms with Gasteiger partial charge in [0.2, 0.25) is 0 Å². The molecule has 4 rings (SSSR count). The van der Waals surface area contributed by atoms with Gasteiger partial charge in [-0.15, -0.1) is 0 Å². The van der Waals surface area contributed by atoms with Crippen LogP contribution in [0, 0.1) is 17.2 Å². The number of nitrogens with zero attached hydrogens (tertiary/aromatic N) is 1. The summed E-state index contributed by atoms with van der Waals surface area (Å²) in [5.74, 6) is 1.38.